The number of imidazole rings is 1. The SMILES string of the molecule is [2H]C1([2H])c2ccccc2-c2nccn21. The number of benzene rings is 1. The molecule has 0 saturated heterocycles. The van der Waals surface area contributed by atoms with Crippen molar-refractivity contribution in [1.29, 1.82) is 0 Å². The van der Waals surface area contributed by atoms with Gasteiger partial charge in [-0.2, -0.15) is 0 Å². The van der Waals surface area contributed by atoms with E-state index in [1.165, 1.54) is 0 Å². The maximum absolute atomic E-state index is 7.96. The van der Waals surface area contributed by atoms with Crippen molar-refractivity contribution in [3.63, 3.8) is 0 Å². The molecule has 1 aliphatic rings. The third-order valence-electron chi connectivity index (χ3n) is 2.05. The highest BCUT2D eigenvalue weighted by Crippen LogP contribution is 2.29. The quantitative estimate of drug-likeness (QED) is 0.572. The second kappa shape index (κ2) is 1.97. The molecule has 2 aromatic rings. The molecule has 1 aromatic heterocycles. The summed E-state index contributed by atoms with van der Waals surface area (Å²) in [5.41, 5.74) is 1.59. The van der Waals surface area contributed by atoms with E-state index in [4.69, 9.17) is 2.74 Å². The molecule has 0 amide bonds. The molecule has 0 bridgehead atoms. The van der Waals surface area contributed by atoms with Gasteiger partial charge in [-0.25, -0.2) is 4.98 Å². The van der Waals surface area contributed by atoms with E-state index in [2.05, 4.69) is 4.98 Å². The van der Waals surface area contributed by atoms with Crippen molar-refractivity contribution in [2.75, 3.05) is 0 Å². The van der Waals surface area contributed by atoms with E-state index in [-0.39, 0.29) is 0 Å². The number of aromatic nitrogens is 2. The summed E-state index contributed by atoms with van der Waals surface area (Å²) < 4.78 is 17.5. The first kappa shape index (κ1) is 4.45. The molecule has 12 heavy (non-hydrogen) atoms. The van der Waals surface area contributed by atoms with E-state index in [1.807, 2.05) is 24.3 Å². The Morgan fingerprint density at radius 3 is 3.33 bits per heavy atom. The monoisotopic (exact) mass is 158 g/mol. The van der Waals surface area contributed by atoms with Gasteiger partial charge >= 0.3 is 0 Å². The Hall–Kier alpha value is -1.57. The van der Waals surface area contributed by atoms with Crippen molar-refractivity contribution in [3.05, 3.63) is 42.2 Å². The number of nitrogens with zero attached hydrogens (tertiary/aromatic N) is 2. The Labute approximate surface area is 73.3 Å². The van der Waals surface area contributed by atoms with Crippen LogP contribution in [0.4, 0.5) is 0 Å². The minimum absolute atomic E-state index is 0.697. The highest BCUT2D eigenvalue weighted by atomic mass is 15.1. The third kappa shape index (κ3) is 0.619. The lowest BCUT2D eigenvalue weighted by Crippen LogP contribution is -1.88. The van der Waals surface area contributed by atoms with Crippen LogP contribution in [0.3, 0.4) is 0 Å². The molecule has 2 heteroatoms. The van der Waals surface area contributed by atoms with Crippen LogP contribution in [0.2, 0.25) is 0 Å². The van der Waals surface area contributed by atoms with Crippen LogP contribution in [-0.2, 0) is 6.50 Å². The number of hydrogen-bond donors (Lipinski definition) is 0. The van der Waals surface area contributed by atoms with Gasteiger partial charge in [0.1, 0.15) is 5.82 Å². The van der Waals surface area contributed by atoms with E-state index < -0.39 is 6.50 Å². The number of fused-ring (bicyclic) bond motifs is 3. The van der Waals surface area contributed by atoms with E-state index in [0.717, 1.165) is 5.56 Å². The Balaban J connectivity index is 2.42. The predicted molar refractivity (Wildman–Crippen MR) is 46.8 cm³/mol. The first-order valence-corrected chi connectivity index (χ1v) is 3.85. The van der Waals surface area contributed by atoms with Gasteiger partial charge in [-0.1, -0.05) is 24.3 Å². The molecule has 2 nitrogen and oxygen atoms in total. The van der Waals surface area contributed by atoms with Gasteiger partial charge in [0.15, 0.2) is 0 Å². The second-order valence-electron chi connectivity index (χ2n) is 2.78. The fourth-order valence-corrected chi connectivity index (χ4v) is 1.50. The molecule has 3 rings (SSSR count). The average Bonchev–Trinajstić information content (AvgIpc) is 2.72. The Bertz CT molecular complexity index is 502. The molecule has 0 radical (unpaired) electrons. The summed E-state index contributed by atoms with van der Waals surface area (Å²) in [7, 11) is 0. The molecule has 1 aromatic carbocycles. The lowest BCUT2D eigenvalue weighted by Gasteiger charge is -1.93. The summed E-state index contributed by atoms with van der Waals surface area (Å²) in [6, 6.07) is 7.46. The van der Waals surface area contributed by atoms with Gasteiger partial charge in [0, 0.05) is 24.5 Å². The normalized spacial score (nSPS) is 19.3. The fourth-order valence-electron chi connectivity index (χ4n) is 1.50. The van der Waals surface area contributed by atoms with E-state index in [9.17, 15) is 0 Å². The molecule has 0 aliphatic carbocycles. The molecular formula is C10H8N2. The Morgan fingerprint density at radius 1 is 1.42 bits per heavy atom. The maximum Gasteiger partial charge on any atom is 0.140 e. The standard InChI is InChI=1S/C10H8N2/c1-2-4-9-8(3-1)7-12-6-5-11-10(9)12/h1-6H,7H2/i7D2. The van der Waals surface area contributed by atoms with Gasteiger partial charge in [-0.3, -0.25) is 0 Å². The molecule has 0 N–H and O–H groups in total. The summed E-state index contributed by atoms with van der Waals surface area (Å²) in [5, 5.41) is 0. The van der Waals surface area contributed by atoms with E-state index >= 15 is 0 Å². The van der Waals surface area contributed by atoms with Crippen LogP contribution in [0.25, 0.3) is 11.4 Å². The summed E-state index contributed by atoms with van der Waals surface area (Å²) >= 11 is 0. The first-order chi connectivity index (χ1) is 6.71. The van der Waals surface area contributed by atoms with Gasteiger partial charge in [-0.15, -0.1) is 0 Å². The van der Waals surface area contributed by atoms with Crippen LogP contribution >= 0.6 is 0 Å². The lowest BCUT2D eigenvalue weighted by molar-refractivity contribution is 0.848. The summed E-state index contributed by atoms with van der Waals surface area (Å²) in [5.74, 6) is 0.714. The fraction of sp³-hybridized carbons (Fsp3) is 0.100. The molecule has 0 unspecified atom stereocenters. The van der Waals surface area contributed by atoms with Crippen molar-refractivity contribution in [1.82, 2.24) is 9.55 Å². The third-order valence-corrected chi connectivity index (χ3v) is 2.05. The van der Waals surface area contributed by atoms with Gasteiger partial charge in [0.05, 0.1) is 2.74 Å². The summed E-state index contributed by atoms with van der Waals surface area (Å²) in [4.78, 5) is 4.16. The van der Waals surface area contributed by atoms with Crippen LogP contribution in [0.1, 0.15) is 8.30 Å². The van der Waals surface area contributed by atoms with Crippen LogP contribution in [0, 0.1) is 0 Å². The number of rotatable bonds is 0. The van der Waals surface area contributed by atoms with E-state index in [0.29, 0.717) is 11.4 Å². The Morgan fingerprint density at radius 2 is 2.33 bits per heavy atom. The van der Waals surface area contributed by atoms with Gasteiger partial charge in [-0.05, 0) is 5.56 Å². The number of hydrogen-bond acceptors (Lipinski definition) is 1. The van der Waals surface area contributed by atoms with Crippen LogP contribution in [0.5, 0.6) is 0 Å². The second-order valence-corrected chi connectivity index (χ2v) is 2.78. The molecule has 0 saturated carbocycles. The zero-order valence-corrected chi connectivity index (χ0v) is 6.36. The van der Waals surface area contributed by atoms with Crippen molar-refractivity contribution >= 4 is 0 Å². The largest absolute Gasteiger partial charge is 0.327 e. The zero-order valence-electron chi connectivity index (χ0n) is 8.36. The lowest BCUT2D eigenvalue weighted by atomic mass is 10.1. The van der Waals surface area contributed by atoms with Crippen LogP contribution < -0.4 is 0 Å². The average molecular weight is 158 g/mol. The molecule has 0 spiro atoms. The molecule has 2 heterocycles. The molecule has 0 atom stereocenters. The van der Waals surface area contributed by atoms with Gasteiger partial charge < -0.3 is 4.57 Å². The van der Waals surface area contributed by atoms with Crippen molar-refractivity contribution in [3.8, 4) is 11.4 Å². The molecule has 58 valence electrons. The molecule has 1 aliphatic heterocycles. The minimum Gasteiger partial charge on any atom is -0.327 e. The van der Waals surface area contributed by atoms with Gasteiger partial charge in [0.25, 0.3) is 0 Å². The topological polar surface area (TPSA) is 17.8 Å². The highest BCUT2D eigenvalue weighted by molar-refractivity contribution is 5.64. The molecule has 0 fully saturated rings. The van der Waals surface area contributed by atoms with Crippen molar-refractivity contribution in [2.45, 2.75) is 6.50 Å². The first-order valence-electron chi connectivity index (χ1n) is 4.85. The summed E-state index contributed by atoms with van der Waals surface area (Å²) in [6.07, 6.45) is 3.30. The Kier molecular flexibility index (Phi) is 0.732. The van der Waals surface area contributed by atoms with Crippen LogP contribution in [0.15, 0.2) is 36.7 Å². The highest BCUT2D eigenvalue weighted by Gasteiger charge is 2.16. The minimum atomic E-state index is -1.46. The van der Waals surface area contributed by atoms with Crippen LogP contribution in [-0.4, -0.2) is 9.55 Å². The smallest absolute Gasteiger partial charge is 0.140 e. The molecular weight excluding hydrogens is 148 g/mol. The zero-order chi connectivity index (χ0) is 9.76. The summed E-state index contributed by atoms with van der Waals surface area (Å²) in [6.45, 7) is -1.46. The van der Waals surface area contributed by atoms with Gasteiger partial charge in [0.2, 0.25) is 0 Å². The van der Waals surface area contributed by atoms with E-state index in [1.54, 1.807) is 17.0 Å². The van der Waals surface area contributed by atoms with Crippen molar-refractivity contribution < 1.29 is 2.74 Å². The van der Waals surface area contributed by atoms with Crippen molar-refractivity contribution in [2.24, 2.45) is 0 Å². The maximum atomic E-state index is 7.96. The predicted octanol–water partition coefficient (Wildman–Crippen LogP) is 1.91.